The summed E-state index contributed by atoms with van der Waals surface area (Å²) in [5.74, 6) is 0. The van der Waals surface area contributed by atoms with E-state index in [2.05, 4.69) is 516 Å². The Morgan fingerprint density at radius 3 is 0.804 bits per heavy atom. The molecule has 6 aromatic heterocycles. The summed E-state index contributed by atoms with van der Waals surface area (Å²) >= 11 is 1.88. The molecular formula is C132H84N4OS. The molecule has 5 nitrogen and oxygen atoms in total. The van der Waals surface area contributed by atoms with Crippen LogP contribution < -0.4 is 0 Å². The molecular weight excluding hydrogens is 1690 g/mol. The Morgan fingerprint density at radius 1 is 0.138 bits per heavy atom. The number of para-hydroxylation sites is 3. The first-order chi connectivity index (χ1) is 68.4. The van der Waals surface area contributed by atoms with Crippen molar-refractivity contribution in [2.24, 2.45) is 0 Å². The average Bonchev–Trinajstić information content (AvgIpc) is 1.57. The van der Waals surface area contributed by atoms with Gasteiger partial charge in [0.15, 0.2) is 0 Å². The summed E-state index contributed by atoms with van der Waals surface area (Å²) in [7, 11) is 0. The minimum atomic E-state index is 0.884. The maximum atomic E-state index is 6.41. The van der Waals surface area contributed by atoms with Crippen molar-refractivity contribution in [3.05, 3.63) is 510 Å². The number of hydrogen-bond donors (Lipinski definition) is 0. The van der Waals surface area contributed by atoms with Gasteiger partial charge in [-0.05, 0) is 287 Å². The number of fused-ring (bicyclic) bond motifs is 18. The van der Waals surface area contributed by atoms with Crippen molar-refractivity contribution in [1.29, 1.82) is 0 Å². The molecule has 22 aromatic carbocycles. The van der Waals surface area contributed by atoms with Gasteiger partial charge in [0.2, 0.25) is 0 Å². The number of benzene rings is 22. The van der Waals surface area contributed by atoms with E-state index in [1.54, 1.807) is 0 Å². The molecule has 644 valence electrons. The molecule has 0 N–H and O–H groups in total. The van der Waals surface area contributed by atoms with Gasteiger partial charge in [-0.1, -0.05) is 328 Å². The van der Waals surface area contributed by atoms with Gasteiger partial charge in [-0.2, -0.15) is 0 Å². The Balaban J connectivity index is 0.000000139. The first kappa shape index (κ1) is 79.8. The molecule has 0 saturated carbocycles. The third-order valence-electron chi connectivity index (χ3n) is 28.2. The van der Waals surface area contributed by atoms with Gasteiger partial charge in [0.05, 0.1) is 54.5 Å². The van der Waals surface area contributed by atoms with Gasteiger partial charge in [-0.15, -0.1) is 11.3 Å². The minimum absolute atomic E-state index is 0.884. The van der Waals surface area contributed by atoms with E-state index in [0.29, 0.717) is 0 Å². The second-order valence-electron chi connectivity index (χ2n) is 36.2. The molecule has 0 atom stereocenters. The quantitative estimate of drug-likeness (QED) is 0.107. The summed E-state index contributed by atoms with van der Waals surface area (Å²) in [4.78, 5) is 0. The van der Waals surface area contributed by atoms with Crippen LogP contribution in [0.1, 0.15) is 0 Å². The first-order valence-corrected chi connectivity index (χ1v) is 48.1. The van der Waals surface area contributed by atoms with Gasteiger partial charge >= 0.3 is 0 Å². The molecule has 0 unspecified atom stereocenters. The van der Waals surface area contributed by atoms with Gasteiger partial charge in [0, 0.05) is 92.5 Å². The lowest BCUT2D eigenvalue weighted by molar-refractivity contribution is 0.668. The predicted octanol–water partition coefficient (Wildman–Crippen LogP) is 36.7. The standard InChI is InChI=1S/C66H42N2O.C66H42N2S/c1-4-15-43(16-5-1)47-27-32-63-59(39-47)60-41-49(29-34-64(60)68(63)54-30-31-57-56-24-11-13-26-65(56)69-66(57)42-54)48-28-33-62-58(40-48)55-23-10-12-25-61(55)67(62)53-22-14-21-46(38-53)52-36-50(44-17-6-2-7-18-44)35-51(37-52)45-19-8-3-9-20-45;1-4-16-43(17-5-1)47-30-34-62-58(40-47)59-42-49(32-35-63(59)68(62)64-28-15-26-56-55-25-11-13-29-65(55)69-66(56)64)48-31-33-61-57(41-48)54-24-10-12-27-60(54)67(61)53-23-14-22-46(39-53)52-37-50(44-18-6-2-7-19-44)36-51(38-52)45-20-8-3-9-21-45/h2*1-42H. The molecule has 0 aliphatic heterocycles. The normalized spacial score (nSPS) is 11.8. The summed E-state index contributed by atoms with van der Waals surface area (Å²) in [5.41, 5.74) is 39.7. The molecule has 6 heterocycles. The van der Waals surface area contributed by atoms with Crippen LogP contribution >= 0.6 is 11.3 Å². The zero-order chi connectivity index (χ0) is 90.8. The maximum Gasteiger partial charge on any atom is 0.137 e. The molecule has 0 amide bonds. The lowest BCUT2D eigenvalue weighted by atomic mass is 9.93. The number of nitrogens with zero attached hydrogens (tertiary/aromatic N) is 4. The minimum Gasteiger partial charge on any atom is -0.456 e. The van der Waals surface area contributed by atoms with Gasteiger partial charge < -0.3 is 22.7 Å². The van der Waals surface area contributed by atoms with Crippen molar-refractivity contribution in [2.45, 2.75) is 0 Å². The SMILES string of the molecule is c1ccc(-c2cc(-c3ccccc3)cc(-c3cccc(-n4c5ccccc5c5cc(-c6ccc7c(c6)c6cc(-c8ccccc8)ccc6n7-c6ccc7c(c6)oc6ccccc67)ccc54)c3)c2)cc1.c1ccc(-c2cc(-c3ccccc3)cc(-c3cccc(-n4c5ccccc5c5cc(-c6ccc7c(c6)c6cc(-c8ccccc8)ccc6n7-c6cccc7c6sc6ccccc67)ccc54)c3)c2)cc1. The van der Waals surface area contributed by atoms with Crippen LogP contribution in [0.15, 0.2) is 514 Å². The van der Waals surface area contributed by atoms with Crippen molar-refractivity contribution < 1.29 is 4.42 Å². The second-order valence-corrected chi connectivity index (χ2v) is 37.2. The Morgan fingerprint density at radius 2 is 0.406 bits per heavy atom. The van der Waals surface area contributed by atoms with E-state index >= 15 is 0 Å². The Labute approximate surface area is 801 Å². The summed E-state index contributed by atoms with van der Waals surface area (Å²) < 4.78 is 18.8. The van der Waals surface area contributed by atoms with Crippen molar-refractivity contribution in [3.8, 4) is 134 Å². The van der Waals surface area contributed by atoms with Crippen LogP contribution in [-0.2, 0) is 0 Å². The van der Waals surface area contributed by atoms with E-state index in [-0.39, 0.29) is 0 Å². The van der Waals surface area contributed by atoms with Crippen molar-refractivity contribution in [2.75, 3.05) is 0 Å². The Kier molecular flexibility index (Phi) is 19.1. The molecule has 0 spiro atoms. The van der Waals surface area contributed by atoms with Crippen molar-refractivity contribution in [3.63, 3.8) is 0 Å². The summed E-state index contributed by atoms with van der Waals surface area (Å²) in [6.07, 6.45) is 0. The van der Waals surface area contributed by atoms with Crippen molar-refractivity contribution in [1.82, 2.24) is 18.3 Å². The van der Waals surface area contributed by atoms with Crippen LogP contribution in [-0.4, -0.2) is 18.3 Å². The van der Waals surface area contributed by atoms with Gasteiger partial charge in [0.1, 0.15) is 11.2 Å². The summed E-state index contributed by atoms with van der Waals surface area (Å²) in [5, 5.41) is 14.7. The molecule has 0 fully saturated rings. The van der Waals surface area contributed by atoms with Crippen LogP contribution in [0.5, 0.6) is 0 Å². The fourth-order valence-electron chi connectivity index (χ4n) is 21.6. The molecule has 28 aromatic rings. The smallest absolute Gasteiger partial charge is 0.137 e. The monoisotopic (exact) mass is 1770 g/mol. The van der Waals surface area contributed by atoms with E-state index in [1.165, 1.54) is 213 Å². The molecule has 0 bridgehead atoms. The number of aromatic nitrogens is 4. The molecule has 138 heavy (non-hydrogen) atoms. The number of furan rings is 1. The third-order valence-corrected chi connectivity index (χ3v) is 29.4. The largest absolute Gasteiger partial charge is 0.456 e. The molecule has 0 aliphatic carbocycles. The van der Waals surface area contributed by atoms with E-state index in [1.807, 2.05) is 23.5 Å². The number of hydrogen-bond acceptors (Lipinski definition) is 2. The van der Waals surface area contributed by atoms with Gasteiger partial charge in [-0.25, -0.2) is 0 Å². The number of rotatable bonds is 14. The van der Waals surface area contributed by atoms with Crippen LogP contribution in [0.25, 0.3) is 263 Å². The van der Waals surface area contributed by atoms with E-state index in [4.69, 9.17) is 4.42 Å². The average molecular weight is 1770 g/mol. The second kappa shape index (κ2) is 33.1. The van der Waals surface area contributed by atoms with E-state index in [9.17, 15) is 0 Å². The fourth-order valence-corrected chi connectivity index (χ4v) is 22.8. The maximum absolute atomic E-state index is 6.41. The van der Waals surface area contributed by atoms with Crippen LogP contribution in [0.2, 0.25) is 0 Å². The topological polar surface area (TPSA) is 32.9 Å². The highest BCUT2D eigenvalue weighted by molar-refractivity contribution is 7.26. The predicted molar refractivity (Wildman–Crippen MR) is 585 cm³/mol. The van der Waals surface area contributed by atoms with Gasteiger partial charge in [-0.3, -0.25) is 0 Å². The van der Waals surface area contributed by atoms with E-state index < -0.39 is 0 Å². The highest BCUT2D eigenvalue weighted by Crippen LogP contribution is 2.48. The molecule has 28 rings (SSSR count). The third kappa shape index (κ3) is 13.7. The van der Waals surface area contributed by atoms with E-state index in [0.717, 1.165) is 50.0 Å². The fraction of sp³-hybridized carbons (Fsp3) is 0. The zero-order valence-corrected chi connectivity index (χ0v) is 75.9. The molecule has 6 heteroatoms. The van der Waals surface area contributed by atoms with Crippen LogP contribution in [0.4, 0.5) is 0 Å². The molecule has 0 saturated heterocycles. The highest BCUT2D eigenvalue weighted by Gasteiger charge is 2.25. The lowest BCUT2D eigenvalue weighted by Crippen LogP contribution is -1.95. The highest BCUT2D eigenvalue weighted by atomic mass is 32.1. The van der Waals surface area contributed by atoms with Crippen molar-refractivity contribution >= 4 is 141 Å². The van der Waals surface area contributed by atoms with Gasteiger partial charge in [0.25, 0.3) is 0 Å². The lowest BCUT2D eigenvalue weighted by Gasteiger charge is -2.14. The molecule has 0 radical (unpaired) electrons. The first-order valence-electron chi connectivity index (χ1n) is 47.3. The van der Waals surface area contributed by atoms with Crippen LogP contribution in [0.3, 0.4) is 0 Å². The zero-order valence-electron chi connectivity index (χ0n) is 75.1. The van der Waals surface area contributed by atoms with Crippen LogP contribution in [0, 0.1) is 0 Å². The summed E-state index contributed by atoms with van der Waals surface area (Å²) in [6.45, 7) is 0. The Bertz CT molecular complexity index is 9580. The Hall–Kier alpha value is -17.9. The molecule has 0 aliphatic rings. The summed E-state index contributed by atoms with van der Waals surface area (Å²) in [6, 6.07) is 186. The number of thiophene rings is 1.